The lowest BCUT2D eigenvalue weighted by molar-refractivity contribution is -0.137. The lowest BCUT2D eigenvalue weighted by Crippen LogP contribution is -2.47. The van der Waals surface area contributed by atoms with Gasteiger partial charge in [-0.05, 0) is 38.0 Å². The van der Waals surface area contributed by atoms with Crippen molar-refractivity contribution in [1.29, 1.82) is 0 Å². The first-order chi connectivity index (χ1) is 10.6. The fourth-order valence-corrected chi connectivity index (χ4v) is 2.74. The van der Waals surface area contributed by atoms with Crippen LogP contribution in [0.5, 0.6) is 5.75 Å². The van der Waals surface area contributed by atoms with Crippen molar-refractivity contribution in [3.8, 4) is 5.75 Å². The van der Waals surface area contributed by atoms with Crippen molar-refractivity contribution in [2.45, 2.75) is 42.5 Å². The first-order valence-electron chi connectivity index (χ1n) is 7.29. The number of ether oxygens (including phenoxy) is 1. The van der Waals surface area contributed by atoms with E-state index in [9.17, 15) is 9.59 Å². The Morgan fingerprint density at radius 3 is 2.39 bits per heavy atom. The minimum Gasteiger partial charge on any atom is -0.481 e. The van der Waals surface area contributed by atoms with Crippen LogP contribution in [0.3, 0.4) is 0 Å². The zero-order chi connectivity index (χ0) is 17.3. The molecule has 126 valence electrons. The molecule has 0 bridgehead atoms. The minimum absolute atomic E-state index is 0.0646. The normalized spacial score (nSPS) is 19.0. The highest BCUT2D eigenvalue weighted by molar-refractivity contribution is 6.51. The second-order valence-corrected chi connectivity index (χ2v) is 7.64. The average molecular weight is 360 g/mol. The third kappa shape index (κ3) is 4.75. The second kappa shape index (κ2) is 6.57. The number of amides is 1. The van der Waals surface area contributed by atoms with E-state index in [1.165, 1.54) is 0 Å². The Kier molecular flexibility index (Phi) is 5.11. The van der Waals surface area contributed by atoms with Crippen LogP contribution in [0.25, 0.3) is 0 Å². The van der Waals surface area contributed by atoms with Gasteiger partial charge in [0.2, 0.25) is 0 Å². The van der Waals surface area contributed by atoms with Gasteiger partial charge in [0.1, 0.15) is 10.1 Å². The number of nitrogens with one attached hydrogen (secondary N) is 1. The quantitative estimate of drug-likeness (QED) is 0.733. The summed E-state index contributed by atoms with van der Waals surface area (Å²) in [6.45, 7) is 3.32. The molecule has 0 saturated heterocycles. The minimum atomic E-state index is -1.11. The zero-order valence-electron chi connectivity index (χ0n) is 12.9. The Morgan fingerprint density at radius 1 is 1.35 bits per heavy atom. The molecule has 2 N–H and O–H groups in total. The first-order valence-corrected chi connectivity index (χ1v) is 8.04. The molecular formula is C16H19Cl2NO4. The maximum absolute atomic E-state index is 12.1. The summed E-state index contributed by atoms with van der Waals surface area (Å²) in [5, 5.41) is 11.1. The molecule has 1 atom stereocenters. The lowest BCUT2D eigenvalue weighted by atomic mass is 10.1. The van der Waals surface area contributed by atoms with Gasteiger partial charge >= 0.3 is 5.97 Å². The highest BCUT2D eigenvalue weighted by Gasteiger charge is 2.52. The van der Waals surface area contributed by atoms with Crippen LogP contribution in [0.15, 0.2) is 24.3 Å². The van der Waals surface area contributed by atoms with E-state index in [0.29, 0.717) is 5.75 Å². The molecule has 1 fully saturated rings. The number of carbonyl (C=O) groups is 2. The number of benzene rings is 1. The monoisotopic (exact) mass is 359 g/mol. The summed E-state index contributed by atoms with van der Waals surface area (Å²) >= 11 is 12.1. The Balaban J connectivity index is 1.92. The van der Waals surface area contributed by atoms with Gasteiger partial charge in [-0.25, -0.2) is 0 Å². The molecule has 0 aliphatic heterocycles. The molecule has 1 saturated carbocycles. The van der Waals surface area contributed by atoms with Crippen LogP contribution in [-0.2, 0) is 9.59 Å². The van der Waals surface area contributed by atoms with Gasteiger partial charge in [-0.3, -0.25) is 9.59 Å². The van der Waals surface area contributed by atoms with Crippen molar-refractivity contribution in [2.75, 3.05) is 6.54 Å². The molecule has 0 radical (unpaired) electrons. The molecule has 0 heterocycles. The number of carboxylic acids is 1. The fraction of sp³-hybridized carbons (Fsp3) is 0.500. The molecule has 1 aromatic rings. The van der Waals surface area contributed by atoms with Gasteiger partial charge in [-0.2, -0.15) is 0 Å². The zero-order valence-corrected chi connectivity index (χ0v) is 14.4. The topological polar surface area (TPSA) is 75.6 Å². The van der Waals surface area contributed by atoms with Gasteiger partial charge < -0.3 is 15.2 Å². The SMILES string of the molecule is CC(C)(Oc1ccc(C2CC2(Cl)Cl)cc1)C(=O)NCCC(=O)O. The van der Waals surface area contributed by atoms with E-state index in [1.807, 2.05) is 12.1 Å². The highest BCUT2D eigenvalue weighted by atomic mass is 35.5. The molecule has 7 heteroatoms. The van der Waals surface area contributed by atoms with Gasteiger partial charge in [0.25, 0.3) is 5.91 Å². The highest BCUT2D eigenvalue weighted by Crippen LogP contribution is 2.59. The van der Waals surface area contributed by atoms with E-state index >= 15 is 0 Å². The predicted molar refractivity (Wildman–Crippen MR) is 88.2 cm³/mol. The summed E-state index contributed by atoms with van der Waals surface area (Å²) in [6.07, 6.45) is 0.601. The predicted octanol–water partition coefficient (Wildman–Crippen LogP) is 3.10. The summed E-state index contributed by atoms with van der Waals surface area (Å²) in [5.41, 5.74) is -0.0754. The summed E-state index contributed by atoms with van der Waals surface area (Å²) in [7, 11) is 0. The fourth-order valence-electron chi connectivity index (χ4n) is 2.18. The number of carboxylic acid groups (broad SMARTS) is 1. The van der Waals surface area contributed by atoms with Crippen LogP contribution < -0.4 is 10.1 Å². The molecule has 0 spiro atoms. The van der Waals surface area contributed by atoms with Crippen LogP contribution in [-0.4, -0.2) is 33.5 Å². The largest absolute Gasteiger partial charge is 0.481 e. The smallest absolute Gasteiger partial charge is 0.305 e. The molecule has 1 amide bonds. The van der Waals surface area contributed by atoms with Crippen LogP contribution >= 0.6 is 23.2 Å². The summed E-state index contributed by atoms with van der Waals surface area (Å²) in [4.78, 5) is 22.5. The second-order valence-electron chi connectivity index (χ2n) is 6.10. The van der Waals surface area contributed by atoms with Crippen LogP contribution in [0.1, 0.15) is 38.2 Å². The number of alkyl halides is 2. The molecule has 1 aliphatic rings. The van der Waals surface area contributed by atoms with Gasteiger partial charge in [-0.15, -0.1) is 23.2 Å². The summed E-state index contributed by atoms with van der Waals surface area (Å²) < 4.78 is 5.03. The Morgan fingerprint density at radius 2 is 1.91 bits per heavy atom. The number of hydrogen-bond acceptors (Lipinski definition) is 3. The van der Waals surface area contributed by atoms with E-state index in [1.54, 1.807) is 26.0 Å². The van der Waals surface area contributed by atoms with Crippen molar-refractivity contribution in [2.24, 2.45) is 0 Å². The average Bonchev–Trinajstić information content (AvgIpc) is 3.07. The van der Waals surface area contributed by atoms with Gasteiger partial charge in [0.05, 0.1) is 6.42 Å². The van der Waals surface area contributed by atoms with Crippen LogP contribution in [0.4, 0.5) is 0 Å². The summed E-state index contributed by atoms with van der Waals surface area (Å²) in [6, 6.07) is 7.30. The Hall–Kier alpha value is -1.46. The Bertz CT molecular complexity index is 599. The van der Waals surface area contributed by atoms with E-state index in [4.69, 9.17) is 33.0 Å². The van der Waals surface area contributed by atoms with Gasteiger partial charge in [-0.1, -0.05) is 12.1 Å². The van der Waals surface area contributed by atoms with E-state index in [2.05, 4.69) is 5.32 Å². The van der Waals surface area contributed by atoms with E-state index in [0.717, 1.165) is 12.0 Å². The maximum Gasteiger partial charge on any atom is 0.305 e. The van der Waals surface area contributed by atoms with Crippen LogP contribution in [0, 0.1) is 0 Å². The molecule has 1 unspecified atom stereocenters. The van der Waals surface area contributed by atoms with Gasteiger partial charge in [0.15, 0.2) is 5.60 Å². The number of hydrogen-bond donors (Lipinski definition) is 2. The van der Waals surface area contributed by atoms with Gasteiger partial charge in [0, 0.05) is 12.5 Å². The van der Waals surface area contributed by atoms with E-state index in [-0.39, 0.29) is 24.8 Å². The standard InChI is InChI=1S/C16H19Cl2NO4/c1-15(2,14(22)19-8-7-13(20)21)23-11-5-3-10(4-6-11)12-9-16(12,17)18/h3-6,12H,7-9H2,1-2H3,(H,19,22)(H,20,21). The third-order valence-electron chi connectivity index (χ3n) is 3.65. The molecular weight excluding hydrogens is 341 g/mol. The number of aliphatic carboxylic acids is 1. The molecule has 5 nitrogen and oxygen atoms in total. The maximum atomic E-state index is 12.1. The van der Waals surface area contributed by atoms with E-state index < -0.39 is 15.9 Å². The Labute approximate surface area is 144 Å². The van der Waals surface area contributed by atoms with Crippen molar-refractivity contribution >= 4 is 35.1 Å². The lowest BCUT2D eigenvalue weighted by Gasteiger charge is -2.25. The molecule has 1 aromatic carbocycles. The molecule has 2 rings (SSSR count). The molecule has 0 aromatic heterocycles. The van der Waals surface area contributed by atoms with Crippen molar-refractivity contribution in [3.05, 3.63) is 29.8 Å². The molecule has 23 heavy (non-hydrogen) atoms. The number of carbonyl (C=O) groups excluding carboxylic acids is 1. The van der Waals surface area contributed by atoms with Crippen LogP contribution in [0.2, 0.25) is 0 Å². The van der Waals surface area contributed by atoms with Crippen molar-refractivity contribution < 1.29 is 19.4 Å². The summed E-state index contributed by atoms with van der Waals surface area (Å²) in [5.74, 6) is -0.658. The molecule has 1 aliphatic carbocycles. The van der Waals surface area contributed by atoms with Crippen molar-refractivity contribution in [1.82, 2.24) is 5.32 Å². The first kappa shape index (κ1) is 17.9. The number of rotatable bonds is 7. The number of halogens is 2. The van der Waals surface area contributed by atoms with Crippen molar-refractivity contribution in [3.63, 3.8) is 0 Å². The third-order valence-corrected chi connectivity index (χ3v) is 4.49.